The quantitative estimate of drug-likeness (QED) is 0.524. The number of nitro groups is 1. The van der Waals surface area contributed by atoms with E-state index < -0.39 is 22.3 Å². The molecule has 0 fully saturated rings. The van der Waals surface area contributed by atoms with Crippen LogP contribution in [0, 0.1) is 17.0 Å². The minimum Gasteiger partial charge on any atom is -0.502 e. The summed E-state index contributed by atoms with van der Waals surface area (Å²) in [5.74, 6) is -1.70. The second-order valence-electron chi connectivity index (χ2n) is 6.04. The highest BCUT2D eigenvalue weighted by atomic mass is 16.6. The van der Waals surface area contributed by atoms with Gasteiger partial charge < -0.3 is 10.2 Å². The summed E-state index contributed by atoms with van der Waals surface area (Å²) in [6.07, 6.45) is 0.418. The fraction of sp³-hybridized carbons (Fsp3) is 0.158. The number of carboxylic acid groups (broad SMARTS) is 1. The summed E-state index contributed by atoms with van der Waals surface area (Å²) in [6.45, 7) is 3.75. The number of carbonyl (C=O) groups is 1. The van der Waals surface area contributed by atoms with Crippen LogP contribution in [-0.4, -0.2) is 30.9 Å². The molecule has 0 aliphatic heterocycles. The fourth-order valence-electron chi connectivity index (χ4n) is 3.00. The summed E-state index contributed by atoms with van der Waals surface area (Å²) in [4.78, 5) is 22.1. The Morgan fingerprint density at radius 1 is 1.26 bits per heavy atom. The monoisotopic (exact) mass is 367 g/mol. The topological polar surface area (TPSA) is 118 Å². The minimum atomic E-state index is -1.15. The van der Waals surface area contributed by atoms with E-state index in [9.17, 15) is 25.1 Å². The van der Waals surface area contributed by atoms with Crippen molar-refractivity contribution in [3.8, 4) is 22.7 Å². The van der Waals surface area contributed by atoms with Crippen LogP contribution in [0.5, 0.6) is 5.75 Å². The molecule has 138 valence electrons. The number of nitro benzene ring substituents is 1. The molecule has 0 radical (unpaired) electrons. The van der Waals surface area contributed by atoms with E-state index in [-0.39, 0.29) is 16.8 Å². The number of phenols is 1. The predicted molar refractivity (Wildman–Crippen MR) is 98.4 cm³/mol. The molecule has 0 bridgehead atoms. The predicted octanol–water partition coefficient (Wildman–Crippen LogP) is 3.72. The molecule has 3 aromatic rings. The van der Waals surface area contributed by atoms with E-state index >= 15 is 0 Å². The van der Waals surface area contributed by atoms with Gasteiger partial charge in [-0.3, -0.25) is 10.1 Å². The Morgan fingerprint density at radius 3 is 2.56 bits per heavy atom. The SMILES string of the molecule is CCc1c(C(=O)O)c(-c2ccc([N+](=O)[O-])c(O)c2)nn1-c1cccc(C)c1. The van der Waals surface area contributed by atoms with Crippen LogP contribution in [0.3, 0.4) is 0 Å². The van der Waals surface area contributed by atoms with Crippen LogP contribution >= 0.6 is 0 Å². The number of benzene rings is 2. The third-order valence-electron chi connectivity index (χ3n) is 4.22. The normalized spacial score (nSPS) is 10.7. The first-order chi connectivity index (χ1) is 12.8. The highest BCUT2D eigenvalue weighted by Gasteiger charge is 2.25. The Hall–Kier alpha value is -3.68. The number of aromatic nitrogens is 2. The largest absolute Gasteiger partial charge is 0.502 e. The van der Waals surface area contributed by atoms with Crippen molar-refractivity contribution in [2.45, 2.75) is 20.3 Å². The number of rotatable bonds is 5. The third kappa shape index (κ3) is 3.24. The van der Waals surface area contributed by atoms with Crippen molar-refractivity contribution < 1.29 is 19.9 Å². The van der Waals surface area contributed by atoms with Crippen molar-refractivity contribution in [2.75, 3.05) is 0 Å². The summed E-state index contributed by atoms with van der Waals surface area (Å²) in [7, 11) is 0. The summed E-state index contributed by atoms with van der Waals surface area (Å²) >= 11 is 0. The average Bonchev–Trinajstić information content (AvgIpc) is 3.01. The van der Waals surface area contributed by atoms with Crippen molar-refractivity contribution >= 4 is 11.7 Å². The van der Waals surface area contributed by atoms with Crippen LogP contribution in [0.2, 0.25) is 0 Å². The van der Waals surface area contributed by atoms with Crippen LogP contribution in [0.25, 0.3) is 16.9 Å². The van der Waals surface area contributed by atoms with E-state index in [4.69, 9.17) is 0 Å². The Labute approximate surface area is 154 Å². The Bertz CT molecular complexity index is 1060. The molecule has 0 saturated carbocycles. The first-order valence-corrected chi connectivity index (χ1v) is 8.23. The third-order valence-corrected chi connectivity index (χ3v) is 4.22. The molecule has 1 aromatic heterocycles. The van der Waals surface area contributed by atoms with Gasteiger partial charge in [-0.25, -0.2) is 9.48 Å². The molecular formula is C19H17N3O5. The van der Waals surface area contributed by atoms with Gasteiger partial charge in [0.05, 0.1) is 16.3 Å². The van der Waals surface area contributed by atoms with Crippen molar-refractivity contribution in [2.24, 2.45) is 0 Å². The van der Waals surface area contributed by atoms with E-state index in [0.717, 1.165) is 17.7 Å². The van der Waals surface area contributed by atoms with E-state index in [2.05, 4.69) is 5.10 Å². The molecule has 0 saturated heterocycles. The molecular weight excluding hydrogens is 350 g/mol. The minimum absolute atomic E-state index is 0.00672. The molecule has 0 amide bonds. The molecule has 0 atom stereocenters. The average molecular weight is 367 g/mol. The van der Waals surface area contributed by atoms with Crippen LogP contribution in [0.15, 0.2) is 42.5 Å². The van der Waals surface area contributed by atoms with Crippen LogP contribution in [0.4, 0.5) is 5.69 Å². The lowest BCUT2D eigenvalue weighted by atomic mass is 10.0. The molecule has 0 aliphatic rings. The van der Waals surface area contributed by atoms with Crippen LogP contribution in [-0.2, 0) is 6.42 Å². The van der Waals surface area contributed by atoms with Crippen molar-refractivity contribution in [1.29, 1.82) is 0 Å². The Balaban J connectivity index is 2.26. The van der Waals surface area contributed by atoms with Gasteiger partial charge in [0.1, 0.15) is 11.3 Å². The van der Waals surface area contributed by atoms with Gasteiger partial charge in [0.15, 0.2) is 5.75 Å². The molecule has 1 heterocycles. The fourth-order valence-corrected chi connectivity index (χ4v) is 3.00. The number of aromatic hydroxyl groups is 1. The lowest BCUT2D eigenvalue weighted by molar-refractivity contribution is -0.385. The molecule has 0 spiro atoms. The number of nitrogens with zero attached hydrogens (tertiary/aromatic N) is 3. The zero-order valence-corrected chi connectivity index (χ0v) is 14.7. The number of carboxylic acids is 1. The molecule has 8 nitrogen and oxygen atoms in total. The maximum Gasteiger partial charge on any atom is 0.339 e. The lowest BCUT2D eigenvalue weighted by Gasteiger charge is -2.07. The van der Waals surface area contributed by atoms with Gasteiger partial charge in [0, 0.05) is 11.6 Å². The van der Waals surface area contributed by atoms with Gasteiger partial charge in [-0.2, -0.15) is 5.10 Å². The molecule has 27 heavy (non-hydrogen) atoms. The first kappa shape index (κ1) is 18.1. The van der Waals surface area contributed by atoms with Crippen molar-refractivity contribution in [3.63, 3.8) is 0 Å². The molecule has 0 unspecified atom stereocenters. The number of aryl methyl sites for hydroxylation is 1. The smallest absolute Gasteiger partial charge is 0.339 e. The molecule has 0 aliphatic carbocycles. The van der Waals surface area contributed by atoms with E-state index in [1.54, 1.807) is 4.68 Å². The standard InChI is InChI=1S/C19H17N3O5/c1-3-14-17(19(24)25)18(12-7-8-15(22(26)27)16(23)10-12)20-21(14)13-6-4-5-11(2)9-13/h4-10,23H,3H2,1-2H3,(H,24,25). The summed E-state index contributed by atoms with van der Waals surface area (Å²) in [6, 6.07) is 11.2. The van der Waals surface area contributed by atoms with Crippen molar-refractivity contribution in [3.05, 3.63) is 69.4 Å². The number of hydrogen-bond acceptors (Lipinski definition) is 5. The lowest BCUT2D eigenvalue weighted by Crippen LogP contribution is -2.05. The van der Waals surface area contributed by atoms with Gasteiger partial charge in [-0.15, -0.1) is 0 Å². The summed E-state index contributed by atoms with van der Waals surface area (Å²) in [5, 5.41) is 35.0. The number of hydrogen-bond donors (Lipinski definition) is 2. The second-order valence-corrected chi connectivity index (χ2v) is 6.04. The zero-order chi connectivity index (χ0) is 19.7. The van der Waals surface area contributed by atoms with Gasteiger partial charge in [0.25, 0.3) is 0 Å². The van der Waals surface area contributed by atoms with E-state index in [0.29, 0.717) is 17.8 Å². The molecule has 2 N–H and O–H groups in total. The zero-order valence-electron chi connectivity index (χ0n) is 14.7. The van der Waals surface area contributed by atoms with Gasteiger partial charge in [-0.1, -0.05) is 19.1 Å². The van der Waals surface area contributed by atoms with Crippen molar-refractivity contribution in [1.82, 2.24) is 9.78 Å². The Kier molecular flexibility index (Phi) is 4.64. The van der Waals surface area contributed by atoms with Gasteiger partial charge in [0.2, 0.25) is 0 Å². The summed E-state index contributed by atoms with van der Waals surface area (Å²) < 4.78 is 1.56. The van der Waals surface area contributed by atoms with E-state index in [1.165, 1.54) is 6.07 Å². The van der Waals surface area contributed by atoms with Gasteiger partial charge >= 0.3 is 11.7 Å². The van der Waals surface area contributed by atoms with Crippen LogP contribution < -0.4 is 0 Å². The van der Waals surface area contributed by atoms with Gasteiger partial charge in [-0.05, 0) is 43.2 Å². The van der Waals surface area contributed by atoms with Crippen LogP contribution in [0.1, 0.15) is 28.5 Å². The number of aromatic carboxylic acids is 1. The molecule has 3 rings (SSSR count). The second kappa shape index (κ2) is 6.91. The highest BCUT2D eigenvalue weighted by molar-refractivity contribution is 5.96. The Morgan fingerprint density at radius 2 is 2.00 bits per heavy atom. The highest BCUT2D eigenvalue weighted by Crippen LogP contribution is 2.34. The number of phenolic OH excluding ortho intramolecular Hbond substituents is 1. The maximum absolute atomic E-state index is 11.9. The molecule has 2 aromatic carbocycles. The first-order valence-electron chi connectivity index (χ1n) is 8.23. The van der Waals surface area contributed by atoms with E-state index in [1.807, 2.05) is 38.1 Å². The summed E-state index contributed by atoms with van der Waals surface area (Å²) in [5.41, 5.74) is 2.20. The maximum atomic E-state index is 11.9. The molecule has 8 heteroatoms.